The van der Waals surface area contributed by atoms with Gasteiger partial charge in [-0.05, 0) is 48.5 Å². The molecule has 6 nitrogen and oxygen atoms in total. The number of benzene rings is 2. The first-order valence-corrected chi connectivity index (χ1v) is 8.86. The van der Waals surface area contributed by atoms with Crippen LogP contribution < -0.4 is 10.9 Å². The summed E-state index contributed by atoms with van der Waals surface area (Å²) in [4.78, 5) is 21.2. The fourth-order valence-corrected chi connectivity index (χ4v) is 2.82. The van der Waals surface area contributed by atoms with Crippen LogP contribution in [-0.4, -0.2) is 16.0 Å². The standard InChI is InChI=1S/C21H13ClFN3O3/c22-16-10-13(5-7-17(16)23)25-21-15(20(28)26-19-3-1-2-8-24-19)9-12-4-6-14(27)11-18(12)29-21/h1-11,27H,(H,24,26,28). The molecule has 0 spiro atoms. The van der Waals surface area contributed by atoms with Gasteiger partial charge in [-0.3, -0.25) is 4.79 Å². The quantitative estimate of drug-likeness (QED) is 0.508. The van der Waals surface area contributed by atoms with Crippen LogP contribution in [0, 0.1) is 5.82 Å². The average molecular weight is 410 g/mol. The summed E-state index contributed by atoms with van der Waals surface area (Å²) >= 11 is 5.82. The smallest absolute Gasteiger partial charge is 0.262 e. The minimum Gasteiger partial charge on any atom is -0.508 e. The van der Waals surface area contributed by atoms with Gasteiger partial charge in [0.2, 0.25) is 5.55 Å². The van der Waals surface area contributed by atoms with E-state index >= 15 is 0 Å². The molecule has 29 heavy (non-hydrogen) atoms. The van der Waals surface area contributed by atoms with Crippen LogP contribution in [0.25, 0.3) is 11.0 Å². The van der Waals surface area contributed by atoms with Gasteiger partial charge in [0, 0.05) is 17.6 Å². The zero-order chi connectivity index (χ0) is 20.4. The highest BCUT2D eigenvalue weighted by atomic mass is 35.5. The van der Waals surface area contributed by atoms with Crippen LogP contribution in [0.3, 0.4) is 0 Å². The Labute approximate surface area is 168 Å². The molecular weight excluding hydrogens is 397 g/mol. The molecule has 4 rings (SSSR count). The maximum absolute atomic E-state index is 13.4. The van der Waals surface area contributed by atoms with Gasteiger partial charge in [0.05, 0.1) is 10.7 Å². The Bertz CT molecular complexity index is 1290. The number of nitrogens with zero attached hydrogens (tertiary/aromatic N) is 2. The summed E-state index contributed by atoms with van der Waals surface area (Å²) in [6.07, 6.45) is 1.55. The van der Waals surface area contributed by atoms with Crippen molar-refractivity contribution in [1.82, 2.24) is 4.98 Å². The summed E-state index contributed by atoms with van der Waals surface area (Å²) in [6, 6.07) is 15.1. The van der Waals surface area contributed by atoms with Crippen molar-refractivity contribution in [3.05, 3.63) is 88.8 Å². The van der Waals surface area contributed by atoms with E-state index in [1.54, 1.807) is 36.5 Å². The highest BCUT2D eigenvalue weighted by Crippen LogP contribution is 2.23. The SMILES string of the molecule is O=C(Nc1ccccn1)c1cc2ccc(O)cc2oc1=Nc1ccc(F)c(Cl)c1. The third-order valence-corrected chi connectivity index (χ3v) is 4.31. The van der Waals surface area contributed by atoms with Gasteiger partial charge in [0.15, 0.2) is 0 Å². The van der Waals surface area contributed by atoms with E-state index in [9.17, 15) is 14.3 Å². The minimum atomic E-state index is -0.584. The lowest BCUT2D eigenvalue weighted by molar-refractivity contribution is 0.102. The summed E-state index contributed by atoms with van der Waals surface area (Å²) in [5.41, 5.74) is 0.728. The van der Waals surface area contributed by atoms with Gasteiger partial charge < -0.3 is 14.8 Å². The average Bonchev–Trinajstić information content (AvgIpc) is 2.71. The Morgan fingerprint density at radius 3 is 2.76 bits per heavy atom. The fourth-order valence-electron chi connectivity index (χ4n) is 2.64. The van der Waals surface area contributed by atoms with Crippen LogP contribution >= 0.6 is 11.6 Å². The Hall–Kier alpha value is -3.71. The van der Waals surface area contributed by atoms with Crippen LogP contribution in [0.15, 0.2) is 76.3 Å². The van der Waals surface area contributed by atoms with Crippen molar-refractivity contribution in [3.8, 4) is 5.75 Å². The number of aromatic hydroxyl groups is 1. The summed E-state index contributed by atoms with van der Waals surface area (Å²) in [5.74, 6) is -0.713. The third-order valence-electron chi connectivity index (χ3n) is 4.02. The van der Waals surface area contributed by atoms with Crippen molar-refractivity contribution in [2.24, 2.45) is 4.99 Å². The van der Waals surface area contributed by atoms with Crippen molar-refractivity contribution >= 4 is 40.0 Å². The maximum Gasteiger partial charge on any atom is 0.262 e. The lowest BCUT2D eigenvalue weighted by atomic mass is 10.1. The Balaban J connectivity index is 1.87. The molecule has 2 aromatic carbocycles. The first-order chi connectivity index (χ1) is 14.0. The number of anilines is 1. The molecule has 0 radical (unpaired) electrons. The zero-order valence-corrected chi connectivity index (χ0v) is 15.5. The second-order valence-corrected chi connectivity index (χ2v) is 6.47. The van der Waals surface area contributed by atoms with Gasteiger partial charge in [-0.1, -0.05) is 17.7 Å². The molecule has 0 fully saturated rings. The lowest BCUT2D eigenvalue weighted by Crippen LogP contribution is -2.22. The number of phenolic OH excluding ortho intramolecular Hbond substituents is 1. The topological polar surface area (TPSA) is 87.7 Å². The number of phenols is 1. The van der Waals surface area contributed by atoms with Crippen molar-refractivity contribution in [1.29, 1.82) is 0 Å². The zero-order valence-electron chi connectivity index (χ0n) is 14.8. The molecule has 0 atom stereocenters. The molecule has 0 aliphatic carbocycles. The molecule has 144 valence electrons. The maximum atomic E-state index is 13.4. The van der Waals surface area contributed by atoms with Crippen LogP contribution in [0.2, 0.25) is 5.02 Å². The molecular formula is C21H13ClFN3O3. The van der Waals surface area contributed by atoms with E-state index in [1.807, 2.05) is 0 Å². The van der Waals surface area contributed by atoms with Crippen LogP contribution in [0.1, 0.15) is 10.4 Å². The normalized spacial score (nSPS) is 11.6. The Morgan fingerprint density at radius 2 is 2.00 bits per heavy atom. The third kappa shape index (κ3) is 4.09. The van der Waals surface area contributed by atoms with Gasteiger partial charge in [-0.15, -0.1) is 0 Å². The van der Waals surface area contributed by atoms with Crippen LogP contribution in [-0.2, 0) is 0 Å². The summed E-state index contributed by atoms with van der Waals surface area (Å²) in [5, 5.41) is 12.9. The van der Waals surface area contributed by atoms with Gasteiger partial charge in [0.25, 0.3) is 5.91 Å². The van der Waals surface area contributed by atoms with E-state index in [0.717, 1.165) is 0 Å². The fraction of sp³-hybridized carbons (Fsp3) is 0. The molecule has 0 saturated carbocycles. The minimum absolute atomic E-state index is 0.00251. The van der Waals surface area contributed by atoms with E-state index in [0.29, 0.717) is 22.5 Å². The van der Waals surface area contributed by atoms with E-state index in [-0.39, 0.29) is 21.9 Å². The van der Waals surface area contributed by atoms with Crippen molar-refractivity contribution < 1.29 is 18.7 Å². The number of carbonyl (C=O) groups is 1. The number of fused-ring (bicyclic) bond motifs is 1. The number of amides is 1. The van der Waals surface area contributed by atoms with Crippen LogP contribution in [0.4, 0.5) is 15.9 Å². The van der Waals surface area contributed by atoms with Crippen LogP contribution in [0.5, 0.6) is 5.75 Å². The van der Waals surface area contributed by atoms with E-state index in [2.05, 4.69) is 15.3 Å². The molecule has 2 aromatic heterocycles. The molecule has 2 heterocycles. The monoisotopic (exact) mass is 409 g/mol. The van der Waals surface area contributed by atoms with E-state index in [1.165, 1.54) is 30.3 Å². The Kier molecular flexibility index (Phi) is 4.97. The number of hydrogen-bond donors (Lipinski definition) is 2. The second kappa shape index (κ2) is 7.73. The number of hydrogen-bond acceptors (Lipinski definition) is 5. The molecule has 4 aromatic rings. The lowest BCUT2D eigenvalue weighted by Gasteiger charge is -2.07. The summed E-state index contributed by atoms with van der Waals surface area (Å²) in [6.45, 7) is 0. The molecule has 1 amide bonds. The number of carbonyl (C=O) groups excluding carboxylic acids is 1. The van der Waals surface area contributed by atoms with Gasteiger partial charge in [-0.2, -0.15) is 0 Å². The molecule has 0 aliphatic rings. The van der Waals surface area contributed by atoms with E-state index in [4.69, 9.17) is 16.0 Å². The highest BCUT2D eigenvalue weighted by Gasteiger charge is 2.14. The Morgan fingerprint density at radius 1 is 1.14 bits per heavy atom. The number of halogens is 2. The number of aromatic nitrogens is 1. The van der Waals surface area contributed by atoms with Gasteiger partial charge >= 0.3 is 0 Å². The molecule has 0 bridgehead atoms. The molecule has 0 unspecified atom stereocenters. The number of rotatable bonds is 3. The predicted octanol–water partition coefficient (Wildman–Crippen LogP) is 4.81. The highest BCUT2D eigenvalue weighted by molar-refractivity contribution is 6.31. The molecule has 2 N–H and O–H groups in total. The van der Waals surface area contributed by atoms with Crippen molar-refractivity contribution in [2.75, 3.05) is 5.32 Å². The summed E-state index contributed by atoms with van der Waals surface area (Å²) in [7, 11) is 0. The van der Waals surface area contributed by atoms with E-state index < -0.39 is 11.7 Å². The van der Waals surface area contributed by atoms with Gasteiger partial charge in [-0.25, -0.2) is 14.4 Å². The number of pyridine rings is 1. The van der Waals surface area contributed by atoms with Crippen molar-refractivity contribution in [2.45, 2.75) is 0 Å². The van der Waals surface area contributed by atoms with Gasteiger partial charge in [0.1, 0.15) is 28.5 Å². The van der Waals surface area contributed by atoms with Crippen molar-refractivity contribution in [3.63, 3.8) is 0 Å². The largest absolute Gasteiger partial charge is 0.508 e. The second-order valence-electron chi connectivity index (χ2n) is 6.07. The molecule has 0 aliphatic heterocycles. The molecule has 0 saturated heterocycles. The molecule has 8 heteroatoms. The predicted molar refractivity (Wildman–Crippen MR) is 107 cm³/mol. The number of nitrogens with one attached hydrogen (secondary N) is 1. The first kappa shape index (κ1) is 18.6. The first-order valence-electron chi connectivity index (χ1n) is 8.49. The summed E-state index contributed by atoms with van der Waals surface area (Å²) < 4.78 is 19.2.